The molecule has 0 spiro atoms. The summed E-state index contributed by atoms with van der Waals surface area (Å²) in [5, 5.41) is 8.65. The summed E-state index contributed by atoms with van der Waals surface area (Å²) in [6.07, 6.45) is 19.3. The van der Waals surface area contributed by atoms with Crippen LogP contribution in [0, 0.1) is 0 Å². The van der Waals surface area contributed by atoms with Crippen LogP contribution >= 0.6 is 0 Å². The molecule has 2 radical (unpaired) electrons. The number of carboxylic acid groups (broad SMARTS) is 1. The molecule has 1 N–H and O–H groups in total. The third kappa shape index (κ3) is 18.2. The number of rotatable bonds is 16. The summed E-state index contributed by atoms with van der Waals surface area (Å²) in [5.74, 6) is -0.635. The maximum absolute atomic E-state index is 10.5. The zero-order valence-electron chi connectivity index (χ0n) is 14.1. The molecule has 2 nitrogen and oxygen atoms in total. The molecule has 21 heavy (non-hydrogen) atoms. The van der Waals surface area contributed by atoms with E-state index in [4.69, 9.17) is 5.11 Å². The molecule has 0 amide bonds. The third-order valence-corrected chi connectivity index (χ3v) is 6.06. The zero-order valence-corrected chi connectivity index (χ0v) is 17.4. The average Bonchev–Trinajstić information content (AvgIpc) is 2.46. The average molecular weight is 403 g/mol. The molecule has 0 aromatic rings. The summed E-state index contributed by atoms with van der Waals surface area (Å²) in [5.41, 5.74) is 0. The summed E-state index contributed by atoms with van der Waals surface area (Å²) >= 11 is 1.22. The molecule has 0 rings (SSSR count). The van der Waals surface area contributed by atoms with Gasteiger partial charge in [0.25, 0.3) is 0 Å². The SMILES string of the molecule is CCCCCCCCCCCCCC[CH]([SnH])CCC(=O)O. The Kier molecular flexibility index (Phi) is 16.8. The van der Waals surface area contributed by atoms with Gasteiger partial charge in [0, 0.05) is 0 Å². The van der Waals surface area contributed by atoms with E-state index in [2.05, 4.69) is 6.92 Å². The van der Waals surface area contributed by atoms with Crippen molar-refractivity contribution < 1.29 is 9.90 Å². The van der Waals surface area contributed by atoms with Gasteiger partial charge in [0.1, 0.15) is 0 Å². The summed E-state index contributed by atoms with van der Waals surface area (Å²) in [4.78, 5) is 10.5. The van der Waals surface area contributed by atoms with E-state index in [1.165, 1.54) is 106 Å². The first kappa shape index (κ1) is 21.3. The maximum atomic E-state index is 10.5. The van der Waals surface area contributed by atoms with Gasteiger partial charge in [-0.1, -0.05) is 19.8 Å². The zero-order chi connectivity index (χ0) is 15.8. The van der Waals surface area contributed by atoms with Gasteiger partial charge in [-0.25, -0.2) is 0 Å². The fourth-order valence-corrected chi connectivity index (χ4v) is 3.85. The van der Waals surface area contributed by atoms with Crippen molar-refractivity contribution in [1.29, 1.82) is 0 Å². The van der Waals surface area contributed by atoms with Crippen LogP contribution in [0.25, 0.3) is 0 Å². The fourth-order valence-electron chi connectivity index (χ4n) is 2.70. The van der Waals surface area contributed by atoms with Crippen LogP contribution in [-0.4, -0.2) is 33.6 Å². The topological polar surface area (TPSA) is 37.3 Å². The molecule has 1 unspecified atom stereocenters. The Balaban J connectivity index is 3.10. The standard InChI is InChI=1S/C18H35O2.Sn.H/c1-2-3-4-5-6-7-8-9-10-11-12-13-14-15-16-17-18(19)20;;/h15H,2-14,16-17H2,1H3,(H,19,20);;. The van der Waals surface area contributed by atoms with Gasteiger partial charge in [-0.3, -0.25) is 0 Å². The Morgan fingerprint density at radius 3 is 1.67 bits per heavy atom. The van der Waals surface area contributed by atoms with Gasteiger partial charge in [-0.15, -0.1) is 0 Å². The minimum absolute atomic E-state index is 0.365. The van der Waals surface area contributed by atoms with E-state index in [0.29, 0.717) is 10.4 Å². The molecule has 3 heteroatoms. The van der Waals surface area contributed by atoms with E-state index < -0.39 is 5.97 Å². The molecular weight excluding hydrogens is 367 g/mol. The molecule has 0 aliphatic carbocycles. The van der Waals surface area contributed by atoms with E-state index in [1.54, 1.807) is 0 Å². The Bertz CT molecular complexity index is 231. The van der Waals surface area contributed by atoms with Crippen LogP contribution in [0.4, 0.5) is 0 Å². The summed E-state index contributed by atoms with van der Waals surface area (Å²) in [6, 6.07) is 0. The number of unbranched alkanes of at least 4 members (excludes halogenated alkanes) is 11. The number of carbonyl (C=O) groups is 1. The van der Waals surface area contributed by atoms with Gasteiger partial charge in [0.2, 0.25) is 0 Å². The first-order valence-electron chi connectivity index (χ1n) is 9.14. The second-order valence-corrected chi connectivity index (χ2v) is 9.06. The first-order valence-corrected chi connectivity index (χ1v) is 11.0. The Morgan fingerprint density at radius 1 is 0.810 bits per heavy atom. The quantitative estimate of drug-likeness (QED) is 0.268. The van der Waals surface area contributed by atoms with E-state index in [0.717, 1.165) is 6.42 Å². The van der Waals surface area contributed by atoms with Crippen LogP contribution in [-0.2, 0) is 4.79 Å². The summed E-state index contributed by atoms with van der Waals surface area (Å²) < 4.78 is 0.703. The van der Waals surface area contributed by atoms with Crippen molar-refractivity contribution in [3.05, 3.63) is 0 Å². The van der Waals surface area contributed by atoms with Gasteiger partial charge in [-0.05, 0) is 0 Å². The van der Waals surface area contributed by atoms with Crippen LogP contribution in [0.3, 0.4) is 0 Å². The Labute approximate surface area is 145 Å². The van der Waals surface area contributed by atoms with Crippen molar-refractivity contribution >= 4 is 28.5 Å². The van der Waals surface area contributed by atoms with E-state index in [9.17, 15) is 4.79 Å². The molecule has 0 saturated carbocycles. The Morgan fingerprint density at radius 2 is 1.24 bits per heavy atom. The molecule has 124 valence electrons. The predicted octanol–water partition coefficient (Wildman–Crippen LogP) is 5.63. The summed E-state index contributed by atoms with van der Waals surface area (Å²) in [6.45, 7) is 2.27. The first-order chi connectivity index (χ1) is 10.2. The van der Waals surface area contributed by atoms with Crippen molar-refractivity contribution in [3.8, 4) is 0 Å². The van der Waals surface area contributed by atoms with E-state index >= 15 is 0 Å². The second kappa shape index (κ2) is 16.6. The van der Waals surface area contributed by atoms with Crippen LogP contribution < -0.4 is 0 Å². The molecule has 0 bridgehead atoms. The molecule has 0 saturated heterocycles. The fraction of sp³-hybridized carbons (Fsp3) is 0.944. The van der Waals surface area contributed by atoms with Crippen LogP contribution in [0.5, 0.6) is 0 Å². The molecule has 0 aromatic carbocycles. The normalized spacial score (nSPS) is 12.5. The molecule has 0 heterocycles. The van der Waals surface area contributed by atoms with Gasteiger partial charge in [0.05, 0.1) is 0 Å². The van der Waals surface area contributed by atoms with E-state index in [-0.39, 0.29) is 0 Å². The van der Waals surface area contributed by atoms with Crippen LogP contribution in [0.1, 0.15) is 103 Å². The number of aliphatic carboxylic acids is 1. The second-order valence-electron chi connectivity index (χ2n) is 6.37. The minimum atomic E-state index is -0.635. The van der Waals surface area contributed by atoms with Gasteiger partial charge in [0.15, 0.2) is 0 Å². The molecule has 0 aliphatic rings. The molecular formula is C18H36O2Sn. The summed E-state index contributed by atoms with van der Waals surface area (Å²) in [7, 11) is 0. The number of hydrogen-bond acceptors (Lipinski definition) is 1. The van der Waals surface area contributed by atoms with Gasteiger partial charge in [-0.2, -0.15) is 0 Å². The molecule has 0 fully saturated rings. The van der Waals surface area contributed by atoms with Crippen molar-refractivity contribution in [2.24, 2.45) is 0 Å². The van der Waals surface area contributed by atoms with Crippen molar-refractivity contribution in [1.82, 2.24) is 0 Å². The number of hydrogen-bond donors (Lipinski definition) is 1. The molecule has 1 atom stereocenters. The van der Waals surface area contributed by atoms with Crippen molar-refractivity contribution in [2.75, 3.05) is 0 Å². The van der Waals surface area contributed by atoms with Crippen molar-refractivity contribution in [3.63, 3.8) is 0 Å². The van der Waals surface area contributed by atoms with Crippen molar-refractivity contribution in [2.45, 2.75) is 107 Å². The number of carboxylic acids is 1. The van der Waals surface area contributed by atoms with Gasteiger partial charge < -0.3 is 0 Å². The predicted molar refractivity (Wildman–Crippen MR) is 93.5 cm³/mol. The Hall–Kier alpha value is 0.269. The van der Waals surface area contributed by atoms with E-state index in [1.807, 2.05) is 0 Å². The molecule has 0 aliphatic heterocycles. The van der Waals surface area contributed by atoms with Crippen LogP contribution in [0.2, 0.25) is 3.93 Å². The van der Waals surface area contributed by atoms with Gasteiger partial charge >= 0.3 is 126 Å². The van der Waals surface area contributed by atoms with Crippen LogP contribution in [0.15, 0.2) is 0 Å². The monoisotopic (exact) mass is 404 g/mol. The molecule has 0 aromatic heterocycles. The third-order valence-electron chi connectivity index (χ3n) is 4.16.